The average molecular weight is 387 g/mol. The third-order valence-corrected chi connectivity index (χ3v) is 4.09. The molecule has 9 heteroatoms. The van der Waals surface area contributed by atoms with Crippen LogP contribution >= 0.6 is 0 Å². The summed E-state index contributed by atoms with van der Waals surface area (Å²) in [5.41, 5.74) is 0.168. The molecule has 0 radical (unpaired) electrons. The number of nitrogens with zero attached hydrogens (tertiary/aromatic N) is 1. The lowest BCUT2D eigenvalue weighted by Gasteiger charge is -2.13. The Kier molecular flexibility index (Phi) is 5.35. The Morgan fingerprint density at radius 3 is 2.18 bits per heavy atom. The molecular formula is C19H17NO8. The fourth-order valence-electron chi connectivity index (χ4n) is 2.74. The molecule has 0 saturated heterocycles. The number of rotatable bonds is 7. The lowest BCUT2D eigenvalue weighted by atomic mass is 10.1. The number of fused-ring (bicyclic) bond motifs is 1. The predicted octanol–water partition coefficient (Wildman–Crippen LogP) is 3.25. The number of nitro groups is 1. The number of nitro benzene ring substituents is 1. The van der Waals surface area contributed by atoms with Crippen molar-refractivity contribution in [2.45, 2.75) is 0 Å². The van der Waals surface area contributed by atoms with Gasteiger partial charge in [-0.05, 0) is 18.2 Å². The molecule has 9 nitrogen and oxygen atoms in total. The maximum Gasteiger partial charge on any atom is 0.280 e. The third kappa shape index (κ3) is 3.54. The molecule has 2 aromatic rings. The number of methoxy groups -OCH3 is 3. The summed E-state index contributed by atoms with van der Waals surface area (Å²) in [6, 6.07) is 5.81. The van der Waals surface area contributed by atoms with Crippen LogP contribution < -0.4 is 23.7 Å². The van der Waals surface area contributed by atoms with Crippen molar-refractivity contribution in [1.29, 1.82) is 0 Å². The molecule has 3 rings (SSSR count). The van der Waals surface area contributed by atoms with E-state index in [-0.39, 0.29) is 40.9 Å². The minimum absolute atomic E-state index is 0.0150. The number of ether oxygens (including phenoxy) is 5. The van der Waals surface area contributed by atoms with Crippen LogP contribution in [-0.2, 0) is 0 Å². The van der Waals surface area contributed by atoms with Gasteiger partial charge in [-0.15, -0.1) is 0 Å². The van der Waals surface area contributed by atoms with Gasteiger partial charge in [-0.1, -0.05) is 0 Å². The van der Waals surface area contributed by atoms with Gasteiger partial charge < -0.3 is 23.7 Å². The van der Waals surface area contributed by atoms with Gasteiger partial charge in [-0.2, -0.15) is 0 Å². The van der Waals surface area contributed by atoms with Crippen LogP contribution in [0.2, 0.25) is 0 Å². The van der Waals surface area contributed by atoms with Crippen molar-refractivity contribution in [3.63, 3.8) is 0 Å². The second-order valence-electron chi connectivity index (χ2n) is 5.63. The molecular weight excluding hydrogens is 370 g/mol. The largest absolute Gasteiger partial charge is 0.496 e. The summed E-state index contributed by atoms with van der Waals surface area (Å²) < 4.78 is 26.1. The summed E-state index contributed by atoms with van der Waals surface area (Å²) in [6.07, 6.45) is 2.54. The third-order valence-electron chi connectivity index (χ3n) is 4.09. The van der Waals surface area contributed by atoms with Gasteiger partial charge in [0, 0.05) is 12.1 Å². The van der Waals surface area contributed by atoms with E-state index < -0.39 is 10.7 Å². The highest BCUT2D eigenvalue weighted by atomic mass is 16.7. The summed E-state index contributed by atoms with van der Waals surface area (Å²) in [4.78, 5) is 23.6. The lowest BCUT2D eigenvalue weighted by Crippen LogP contribution is -2.03. The van der Waals surface area contributed by atoms with Crippen LogP contribution in [0.4, 0.5) is 5.69 Å². The molecule has 0 saturated carbocycles. The normalized spacial score (nSPS) is 12.1. The Labute approximate surface area is 160 Å². The Bertz CT molecular complexity index is 942. The van der Waals surface area contributed by atoms with Crippen molar-refractivity contribution in [2.75, 3.05) is 28.1 Å². The zero-order chi connectivity index (χ0) is 20.3. The van der Waals surface area contributed by atoms with E-state index in [4.69, 9.17) is 23.7 Å². The predicted molar refractivity (Wildman–Crippen MR) is 98.7 cm³/mol. The van der Waals surface area contributed by atoms with Crippen molar-refractivity contribution in [3.8, 4) is 28.7 Å². The van der Waals surface area contributed by atoms with Crippen LogP contribution in [0, 0.1) is 10.1 Å². The first-order valence-corrected chi connectivity index (χ1v) is 8.09. The first-order valence-electron chi connectivity index (χ1n) is 8.09. The highest BCUT2D eigenvalue weighted by Gasteiger charge is 2.23. The van der Waals surface area contributed by atoms with Gasteiger partial charge >= 0.3 is 0 Å². The van der Waals surface area contributed by atoms with Crippen molar-refractivity contribution >= 4 is 17.5 Å². The molecule has 0 atom stereocenters. The highest BCUT2D eigenvalue weighted by Crippen LogP contribution is 2.39. The van der Waals surface area contributed by atoms with Crippen molar-refractivity contribution in [2.24, 2.45) is 0 Å². The van der Waals surface area contributed by atoms with E-state index in [1.807, 2.05) is 0 Å². The van der Waals surface area contributed by atoms with E-state index in [1.54, 1.807) is 12.1 Å². The van der Waals surface area contributed by atoms with E-state index in [2.05, 4.69) is 0 Å². The van der Waals surface area contributed by atoms with Gasteiger partial charge in [0.2, 0.25) is 6.79 Å². The molecule has 0 spiro atoms. The topological polar surface area (TPSA) is 106 Å². The number of hydrogen-bond donors (Lipinski definition) is 0. The van der Waals surface area contributed by atoms with Crippen LogP contribution in [-0.4, -0.2) is 38.8 Å². The van der Waals surface area contributed by atoms with Gasteiger partial charge in [-0.25, -0.2) is 0 Å². The molecule has 0 unspecified atom stereocenters. The summed E-state index contributed by atoms with van der Waals surface area (Å²) in [7, 11) is 4.31. The minimum Gasteiger partial charge on any atom is -0.496 e. The van der Waals surface area contributed by atoms with Crippen LogP contribution in [0.15, 0.2) is 30.3 Å². The van der Waals surface area contributed by atoms with E-state index in [1.165, 1.54) is 45.6 Å². The van der Waals surface area contributed by atoms with Gasteiger partial charge in [0.1, 0.15) is 22.8 Å². The minimum atomic E-state index is -0.555. The first kappa shape index (κ1) is 19.0. The molecule has 0 bridgehead atoms. The number of allylic oxidation sites excluding steroid dienone is 1. The molecule has 146 valence electrons. The van der Waals surface area contributed by atoms with E-state index >= 15 is 0 Å². The standard InChI is InChI=1S/C19H17NO8/c1-24-12-7-17(25-2)19(18(8-12)26-3)14(21)5-4-11-6-15-16(28-10-27-15)9-13(11)20(22)23/h4-9H,10H2,1-3H3/b5-4+. The molecule has 28 heavy (non-hydrogen) atoms. The number of carbonyl (C=O) groups excluding carboxylic acids is 1. The maximum atomic E-state index is 12.8. The SMILES string of the molecule is COc1cc(OC)c(C(=O)/C=C/c2cc3c(cc2[N+](=O)[O-])OCO3)c(OC)c1. The van der Waals surface area contributed by atoms with Gasteiger partial charge in [0.25, 0.3) is 5.69 Å². The van der Waals surface area contributed by atoms with E-state index in [9.17, 15) is 14.9 Å². The maximum absolute atomic E-state index is 12.8. The molecule has 1 heterocycles. The van der Waals surface area contributed by atoms with Gasteiger partial charge in [0.05, 0.1) is 37.9 Å². The quantitative estimate of drug-likeness (QED) is 0.308. The molecule has 1 aliphatic heterocycles. The molecule has 1 aliphatic rings. The molecule has 2 aromatic carbocycles. The van der Waals surface area contributed by atoms with Crippen molar-refractivity contribution < 1.29 is 33.4 Å². The second-order valence-corrected chi connectivity index (χ2v) is 5.63. The summed E-state index contributed by atoms with van der Waals surface area (Å²) >= 11 is 0. The fourth-order valence-corrected chi connectivity index (χ4v) is 2.74. The zero-order valence-electron chi connectivity index (χ0n) is 15.4. The Morgan fingerprint density at radius 1 is 1.04 bits per heavy atom. The summed E-state index contributed by atoms with van der Waals surface area (Å²) in [5, 5.41) is 11.3. The van der Waals surface area contributed by atoms with Crippen LogP contribution in [0.3, 0.4) is 0 Å². The molecule has 0 N–H and O–H groups in total. The Hall–Kier alpha value is -3.75. The van der Waals surface area contributed by atoms with E-state index in [0.717, 1.165) is 0 Å². The Balaban J connectivity index is 2.00. The number of benzene rings is 2. The number of carbonyl (C=O) groups is 1. The van der Waals surface area contributed by atoms with Gasteiger partial charge in [0.15, 0.2) is 17.3 Å². The lowest BCUT2D eigenvalue weighted by molar-refractivity contribution is -0.385. The van der Waals surface area contributed by atoms with Crippen LogP contribution in [0.5, 0.6) is 28.7 Å². The molecule has 0 fully saturated rings. The fraction of sp³-hybridized carbons (Fsp3) is 0.211. The van der Waals surface area contributed by atoms with Crippen molar-refractivity contribution in [1.82, 2.24) is 0 Å². The van der Waals surface area contributed by atoms with Crippen LogP contribution in [0.25, 0.3) is 6.08 Å². The second kappa shape index (κ2) is 7.87. The average Bonchev–Trinajstić information content (AvgIpc) is 3.17. The monoisotopic (exact) mass is 387 g/mol. The Morgan fingerprint density at radius 2 is 1.64 bits per heavy atom. The van der Waals surface area contributed by atoms with Crippen LogP contribution in [0.1, 0.15) is 15.9 Å². The molecule has 0 aromatic heterocycles. The van der Waals surface area contributed by atoms with Gasteiger partial charge in [-0.3, -0.25) is 14.9 Å². The molecule has 0 aliphatic carbocycles. The summed E-state index contributed by atoms with van der Waals surface area (Å²) in [6.45, 7) is -0.0150. The highest BCUT2D eigenvalue weighted by molar-refractivity contribution is 6.11. The number of ketones is 1. The van der Waals surface area contributed by atoms with Crippen molar-refractivity contribution in [3.05, 3.63) is 51.6 Å². The first-order chi connectivity index (χ1) is 13.5. The van der Waals surface area contributed by atoms with E-state index in [0.29, 0.717) is 11.5 Å². The number of hydrogen-bond acceptors (Lipinski definition) is 8. The molecule has 0 amide bonds. The smallest absolute Gasteiger partial charge is 0.280 e. The zero-order valence-corrected chi connectivity index (χ0v) is 15.4. The summed E-state index contributed by atoms with van der Waals surface area (Å²) in [5.74, 6) is 1.17.